The second-order valence-electron chi connectivity index (χ2n) is 2.79. The van der Waals surface area contributed by atoms with Crippen molar-refractivity contribution in [1.29, 1.82) is 5.26 Å². The number of rotatable bonds is 3. The molecule has 1 aromatic rings. The number of pyridine rings is 1. The highest BCUT2D eigenvalue weighted by Crippen LogP contribution is 2.02. The Balaban J connectivity index is 2.99. The molecular weight excluding hydrogens is 196 g/mol. The maximum absolute atomic E-state index is 11.3. The number of carbonyl (C=O) groups is 1. The van der Waals surface area contributed by atoms with Crippen molar-refractivity contribution < 1.29 is 9.53 Å². The number of esters is 1. The lowest BCUT2D eigenvalue weighted by Crippen LogP contribution is -2.19. The molecule has 78 valence electrons. The van der Waals surface area contributed by atoms with E-state index in [0.29, 0.717) is 0 Å². The smallest absolute Gasteiger partial charge is 0.310 e. The molecule has 0 atom stereocenters. The lowest BCUT2D eigenvalue weighted by molar-refractivity contribution is -0.142. The summed E-state index contributed by atoms with van der Waals surface area (Å²) >= 11 is 0. The van der Waals surface area contributed by atoms with E-state index in [9.17, 15) is 9.59 Å². The summed E-state index contributed by atoms with van der Waals surface area (Å²) in [6.45, 7) is 1.93. The Bertz CT molecular complexity index is 456. The molecule has 0 bridgehead atoms. The first kappa shape index (κ1) is 11.0. The van der Waals surface area contributed by atoms with Crippen molar-refractivity contribution in [3.8, 4) is 6.07 Å². The third-order valence-electron chi connectivity index (χ3n) is 1.81. The Morgan fingerprint density at radius 2 is 2.40 bits per heavy atom. The number of H-pyrrole nitrogens is 1. The van der Waals surface area contributed by atoms with Gasteiger partial charge in [-0.25, -0.2) is 0 Å². The van der Waals surface area contributed by atoms with Crippen molar-refractivity contribution in [2.24, 2.45) is 0 Å². The van der Waals surface area contributed by atoms with Gasteiger partial charge in [0, 0.05) is 11.8 Å². The second kappa shape index (κ2) is 4.96. The molecule has 0 saturated carbocycles. The molecule has 1 rings (SSSR count). The quantitative estimate of drug-likeness (QED) is 0.723. The summed E-state index contributed by atoms with van der Waals surface area (Å²) in [7, 11) is 0. The summed E-state index contributed by atoms with van der Waals surface area (Å²) in [5.74, 6) is -0.509. The van der Waals surface area contributed by atoms with Gasteiger partial charge in [0.1, 0.15) is 0 Å². The van der Waals surface area contributed by atoms with E-state index >= 15 is 0 Å². The summed E-state index contributed by atoms with van der Waals surface area (Å²) in [4.78, 5) is 24.9. The van der Waals surface area contributed by atoms with Crippen LogP contribution in [0.5, 0.6) is 0 Å². The average Bonchev–Trinajstić information content (AvgIpc) is 2.21. The molecule has 0 spiro atoms. The first-order valence-corrected chi connectivity index (χ1v) is 4.45. The van der Waals surface area contributed by atoms with Crippen molar-refractivity contribution >= 4 is 5.97 Å². The molecule has 0 aliphatic rings. The number of hydrogen-bond acceptors (Lipinski definition) is 4. The van der Waals surface area contributed by atoms with Crippen LogP contribution in [0.1, 0.15) is 18.1 Å². The molecule has 0 aliphatic heterocycles. The zero-order valence-corrected chi connectivity index (χ0v) is 8.24. The van der Waals surface area contributed by atoms with E-state index in [2.05, 4.69) is 4.98 Å². The summed E-state index contributed by atoms with van der Waals surface area (Å²) < 4.78 is 4.70. The highest BCUT2D eigenvalue weighted by atomic mass is 16.5. The zero-order valence-electron chi connectivity index (χ0n) is 8.24. The number of nitriles is 1. The number of nitrogens with zero attached hydrogens (tertiary/aromatic N) is 1. The van der Waals surface area contributed by atoms with Gasteiger partial charge in [0.15, 0.2) is 0 Å². The van der Waals surface area contributed by atoms with Gasteiger partial charge < -0.3 is 9.72 Å². The molecule has 0 fully saturated rings. The van der Waals surface area contributed by atoms with Gasteiger partial charge in [-0.2, -0.15) is 5.26 Å². The van der Waals surface area contributed by atoms with E-state index in [4.69, 9.17) is 10.00 Å². The van der Waals surface area contributed by atoms with E-state index in [1.54, 1.807) is 6.92 Å². The molecule has 0 radical (unpaired) electrons. The summed E-state index contributed by atoms with van der Waals surface area (Å²) in [5, 5.41) is 8.73. The topological polar surface area (TPSA) is 82.9 Å². The predicted octanol–water partition coefficient (Wildman–Crippen LogP) is 0.352. The number of aromatic amines is 1. The van der Waals surface area contributed by atoms with Gasteiger partial charge in [-0.1, -0.05) is 0 Å². The molecule has 15 heavy (non-hydrogen) atoms. The number of hydrogen-bond donors (Lipinski definition) is 1. The number of aromatic nitrogens is 1. The van der Waals surface area contributed by atoms with Crippen LogP contribution in [0.15, 0.2) is 17.1 Å². The van der Waals surface area contributed by atoms with Crippen molar-refractivity contribution in [2.75, 3.05) is 6.61 Å². The largest absolute Gasteiger partial charge is 0.466 e. The molecule has 0 aliphatic carbocycles. The van der Waals surface area contributed by atoms with Gasteiger partial charge >= 0.3 is 5.97 Å². The fraction of sp³-hybridized carbons (Fsp3) is 0.300. The van der Waals surface area contributed by atoms with Crippen molar-refractivity contribution in [1.82, 2.24) is 4.98 Å². The van der Waals surface area contributed by atoms with Crippen LogP contribution in [-0.2, 0) is 16.0 Å². The van der Waals surface area contributed by atoms with Gasteiger partial charge in [-0.05, 0) is 13.0 Å². The van der Waals surface area contributed by atoms with Crippen LogP contribution in [0.25, 0.3) is 0 Å². The van der Waals surface area contributed by atoms with Gasteiger partial charge in [0.2, 0.25) is 0 Å². The fourth-order valence-corrected chi connectivity index (χ4v) is 1.15. The van der Waals surface area contributed by atoms with Crippen LogP contribution >= 0.6 is 0 Å². The van der Waals surface area contributed by atoms with Crippen LogP contribution in [0.2, 0.25) is 0 Å². The molecule has 5 heteroatoms. The minimum Gasteiger partial charge on any atom is -0.466 e. The van der Waals surface area contributed by atoms with Gasteiger partial charge in [-0.15, -0.1) is 0 Å². The molecular formula is C10H10N2O3. The molecule has 0 saturated heterocycles. The van der Waals surface area contributed by atoms with Crippen molar-refractivity contribution in [3.05, 3.63) is 33.7 Å². The Hall–Kier alpha value is -2.09. The van der Waals surface area contributed by atoms with Gasteiger partial charge in [0.25, 0.3) is 5.56 Å². The zero-order chi connectivity index (χ0) is 11.3. The molecule has 1 heterocycles. The standard InChI is InChI=1S/C10H10N2O3/c1-2-15-9(13)5-8-7(6-11)3-4-12-10(8)14/h3-4H,2,5H2,1H3,(H,12,14). The van der Waals surface area contributed by atoms with Gasteiger partial charge in [0.05, 0.1) is 24.7 Å². The van der Waals surface area contributed by atoms with E-state index in [0.717, 1.165) is 0 Å². The summed E-state index contributed by atoms with van der Waals surface area (Å²) in [6.07, 6.45) is 1.20. The van der Waals surface area contributed by atoms with Crippen molar-refractivity contribution in [2.45, 2.75) is 13.3 Å². The predicted molar refractivity (Wildman–Crippen MR) is 52.1 cm³/mol. The van der Waals surface area contributed by atoms with E-state index in [-0.39, 0.29) is 24.2 Å². The number of ether oxygens (including phenoxy) is 1. The third-order valence-corrected chi connectivity index (χ3v) is 1.81. The Labute approximate surface area is 86.3 Å². The van der Waals surface area contributed by atoms with Crippen molar-refractivity contribution in [3.63, 3.8) is 0 Å². The fourth-order valence-electron chi connectivity index (χ4n) is 1.15. The molecule has 0 unspecified atom stereocenters. The summed E-state index contributed by atoms with van der Waals surface area (Å²) in [5.41, 5.74) is -0.0765. The van der Waals surface area contributed by atoms with Crippen LogP contribution in [0, 0.1) is 11.3 Å². The Morgan fingerprint density at radius 3 is 3.00 bits per heavy atom. The molecule has 0 aromatic carbocycles. The Morgan fingerprint density at radius 1 is 1.67 bits per heavy atom. The third kappa shape index (κ3) is 2.68. The first-order valence-electron chi connectivity index (χ1n) is 4.45. The highest BCUT2D eigenvalue weighted by molar-refractivity contribution is 5.73. The van der Waals surface area contributed by atoms with Gasteiger partial charge in [-0.3, -0.25) is 9.59 Å². The molecule has 1 aromatic heterocycles. The van der Waals surface area contributed by atoms with Crippen LogP contribution in [0.4, 0.5) is 0 Å². The molecule has 5 nitrogen and oxygen atoms in total. The maximum Gasteiger partial charge on any atom is 0.310 e. The minimum atomic E-state index is -0.509. The van der Waals surface area contributed by atoms with Crippen LogP contribution in [0.3, 0.4) is 0 Å². The van der Waals surface area contributed by atoms with Crippen LogP contribution < -0.4 is 5.56 Å². The Kier molecular flexibility index (Phi) is 3.63. The van der Waals surface area contributed by atoms with Crippen LogP contribution in [-0.4, -0.2) is 17.6 Å². The minimum absolute atomic E-state index is 0.151. The lowest BCUT2D eigenvalue weighted by Gasteiger charge is -2.02. The second-order valence-corrected chi connectivity index (χ2v) is 2.79. The molecule has 1 N–H and O–H groups in total. The van der Waals surface area contributed by atoms with E-state index in [1.165, 1.54) is 12.3 Å². The normalized spacial score (nSPS) is 9.33. The first-order chi connectivity index (χ1) is 7.19. The van der Waals surface area contributed by atoms with E-state index in [1.807, 2.05) is 6.07 Å². The lowest BCUT2D eigenvalue weighted by atomic mass is 10.1. The number of nitrogens with one attached hydrogen (secondary N) is 1. The highest BCUT2D eigenvalue weighted by Gasteiger charge is 2.12. The monoisotopic (exact) mass is 206 g/mol. The maximum atomic E-state index is 11.3. The molecule has 0 amide bonds. The summed E-state index contributed by atoms with van der Waals surface area (Å²) in [6, 6.07) is 3.31. The number of carbonyl (C=O) groups excluding carboxylic acids is 1. The SMILES string of the molecule is CCOC(=O)Cc1c(C#N)cc[nH]c1=O. The average molecular weight is 206 g/mol. The van der Waals surface area contributed by atoms with E-state index < -0.39 is 11.5 Å².